The van der Waals surface area contributed by atoms with E-state index >= 15 is 0 Å². The van der Waals surface area contributed by atoms with E-state index in [9.17, 15) is 5.11 Å². The number of aliphatic hydroxyl groups excluding tert-OH is 1. The molecule has 1 heterocycles. The first-order chi connectivity index (χ1) is 4.13. The molecule has 1 saturated heterocycles. The average Bonchev–Trinajstić information content (AvgIpc) is 1.98. The molecule has 0 bridgehead atoms. The van der Waals surface area contributed by atoms with Crippen molar-refractivity contribution in [2.75, 3.05) is 0 Å². The van der Waals surface area contributed by atoms with Gasteiger partial charge in [0.25, 0.3) is 0 Å². The first-order valence-corrected chi connectivity index (χ1v) is 3.46. The molecule has 52 valence electrons. The second kappa shape index (κ2) is 2.31. The Bertz CT molecular complexity index is 95.2. The lowest BCUT2D eigenvalue weighted by molar-refractivity contribution is 0.0676. The van der Waals surface area contributed by atoms with Crippen LogP contribution in [0.1, 0.15) is 13.8 Å². The van der Waals surface area contributed by atoms with E-state index in [1.807, 2.05) is 21.7 Å². The highest BCUT2D eigenvalue weighted by molar-refractivity contribution is 6.11. The van der Waals surface area contributed by atoms with Crippen molar-refractivity contribution in [1.29, 1.82) is 0 Å². The zero-order valence-electron chi connectivity index (χ0n) is 6.16. The highest BCUT2D eigenvalue weighted by atomic mass is 16.5. The van der Waals surface area contributed by atoms with Crippen LogP contribution in [0.3, 0.4) is 0 Å². The van der Waals surface area contributed by atoms with Crippen LogP contribution in [0.4, 0.5) is 0 Å². The van der Waals surface area contributed by atoms with E-state index in [1.54, 1.807) is 0 Å². The molecule has 0 aromatic heterocycles. The highest BCUT2D eigenvalue weighted by Gasteiger charge is 2.34. The van der Waals surface area contributed by atoms with E-state index in [0.717, 1.165) is 0 Å². The Labute approximate surface area is 56.6 Å². The van der Waals surface area contributed by atoms with Gasteiger partial charge in [0.2, 0.25) is 0 Å². The Morgan fingerprint density at radius 3 is 2.11 bits per heavy atom. The Morgan fingerprint density at radius 2 is 2.00 bits per heavy atom. The molecule has 2 unspecified atom stereocenters. The third-order valence-corrected chi connectivity index (χ3v) is 2.19. The summed E-state index contributed by atoms with van der Waals surface area (Å²) in [6.07, 6.45) is -0.0463. The van der Waals surface area contributed by atoms with Crippen LogP contribution in [0.2, 0.25) is 0 Å². The average molecular weight is 128 g/mol. The molecule has 1 aliphatic rings. The fraction of sp³-hybridized carbons (Fsp3) is 1.00. The lowest BCUT2D eigenvalue weighted by Gasteiger charge is -2.09. The van der Waals surface area contributed by atoms with Crippen LogP contribution in [0.15, 0.2) is 0 Å². The van der Waals surface area contributed by atoms with Crippen molar-refractivity contribution >= 4 is 7.85 Å². The number of hydrogen-bond donors (Lipinski definition) is 1. The molecule has 0 saturated carbocycles. The Hall–Kier alpha value is -0.0151. The summed E-state index contributed by atoms with van der Waals surface area (Å²) < 4.78 is 5.34. The predicted molar refractivity (Wildman–Crippen MR) is 38.0 cm³/mol. The van der Waals surface area contributed by atoms with Crippen molar-refractivity contribution in [2.45, 2.75) is 32.1 Å². The molecule has 9 heavy (non-hydrogen) atoms. The third-order valence-electron chi connectivity index (χ3n) is 2.19. The molecular weight excluding hydrogens is 115 g/mol. The van der Waals surface area contributed by atoms with Gasteiger partial charge >= 0.3 is 0 Å². The monoisotopic (exact) mass is 128 g/mol. The highest BCUT2D eigenvalue weighted by Crippen LogP contribution is 2.23. The molecule has 1 aliphatic heterocycles. The van der Waals surface area contributed by atoms with Gasteiger partial charge in [0.15, 0.2) is 0 Å². The van der Waals surface area contributed by atoms with Gasteiger partial charge in [-0.2, -0.15) is 0 Å². The Morgan fingerprint density at radius 1 is 1.44 bits per heavy atom. The third kappa shape index (κ3) is 1.12. The minimum Gasteiger partial charge on any atom is -0.391 e. The van der Waals surface area contributed by atoms with Crippen molar-refractivity contribution < 1.29 is 9.84 Å². The maximum absolute atomic E-state index is 9.31. The summed E-state index contributed by atoms with van der Waals surface area (Å²) >= 11 is 0. The minimum atomic E-state index is -0.264. The van der Waals surface area contributed by atoms with Gasteiger partial charge in [-0.15, -0.1) is 0 Å². The number of hydrogen-bond acceptors (Lipinski definition) is 2. The number of ether oxygens (including phenoxy) is 1. The van der Waals surface area contributed by atoms with Crippen molar-refractivity contribution in [3.8, 4) is 0 Å². The molecule has 0 aromatic carbocycles. The van der Waals surface area contributed by atoms with E-state index in [1.165, 1.54) is 0 Å². The molecule has 2 nitrogen and oxygen atoms in total. The number of aliphatic hydroxyl groups is 1. The molecule has 0 radical (unpaired) electrons. The van der Waals surface area contributed by atoms with Crippen LogP contribution in [0, 0.1) is 5.92 Å². The van der Waals surface area contributed by atoms with Crippen LogP contribution >= 0.6 is 0 Å². The van der Waals surface area contributed by atoms with Gasteiger partial charge in [0.1, 0.15) is 7.85 Å². The van der Waals surface area contributed by atoms with E-state index in [0.29, 0.717) is 5.92 Å². The van der Waals surface area contributed by atoms with Gasteiger partial charge in [-0.3, -0.25) is 0 Å². The van der Waals surface area contributed by atoms with Gasteiger partial charge in [0.05, 0.1) is 18.2 Å². The Balaban J connectivity index is 2.54. The maximum atomic E-state index is 9.31. The molecule has 1 rings (SSSR count). The lowest BCUT2D eigenvalue weighted by Crippen LogP contribution is -2.25. The van der Waals surface area contributed by atoms with Crippen LogP contribution < -0.4 is 0 Å². The molecule has 1 fully saturated rings. The van der Waals surface area contributed by atoms with Crippen molar-refractivity contribution in [1.82, 2.24) is 0 Å². The topological polar surface area (TPSA) is 29.5 Å². The molecule has 4 atom stereocenters. The first kappa shape index (κ1) is 7.10. The van der Waals surface area contributed by atoms with Gasteiger partial charge in [-0.05, 0) is 6.92 Å². The van der Waals surface area contributed by atoms with Crippen LogP contribution in [-0.2, 0) is 4.74 Å². The SMILES string of the molecule is B[C@H]1O[C@H](C)C(C)C1O. The molecule has 1 N–H and O–H groups in total. The first-order valence-electron chi connectivity index (χ1n) is 3.46. The van der Waals surface area contributed by atoms with Gasteiger partial charge < -0.3 is 9.84 Å². The van der Waals surface area contributed by atoms with Gasteiger partial charge in [-0.1, -0.05) is 6.92 Å². The second-order valence-corrected chi connectivity index (χ2v) is 2.90. The smallest absolute Gasteiger partial charge is 0.142 e. The van der Waals surface area contributed by atoms with E-state index in [-0.39, 0.29) is 18.2 Å². The summed E-state index contributed by atoms with van der Waals surface area (Å²) in [5.74, 6) is 0.292. The summed E-state index contributed by atoms with van der Waals surface area (Å²) in [6, 6.07) is 0.0231. The van der Waals surface area contributed by atoms with Crippen LogP contribution in [0.5, 0.6) is 0 Å². The second-order valence-electron chi connectivity index (χ2n) is 2.90. The molecule has 0 spiro atoms. The van der Waals surface area contributed by atoms with E-state index in [4.69, 9.17) is 4.74 Å². The fourth-order valence-corrected chi connectivity index (χ4v) is 1.25. The van der Waals surface area contributed by atoms with Gasteiger partial charge in [-0.25, -0.2) is 0 Å². The summed E-state index contributed by atoms with van der Waals surface area (Å²) in [7, 11) is 1.91. The molecule has 0 amide bonds. The quantitative estimate of drug-likeness (QED) is 0.439. The molecule has 3 heteroatoms. The normalized spacial score (nSPS) is 51.9. The summed E-state index contributed by atoms with van der Waals surface area (Å²) in [4.78, 5) is 0. The molecular formula is C6H13BO2. The fourth-order valence-electron chi connectivity index (χ4n) is 1.25. The maximum Gasteiger partial charge on any atom is 0.142 e. The Kier molecular flexibility index (Phi) is 1.82. The van der Waals surface area contributed by atoms with Crippen LogP contribution in [0.25, 0.3) is 0 Å². The zero-order valence-corrected chi connectivity index (χ0v) is 6.16. The minimum absolute atomic E-state index is 0.0231. The predicted octanol–water partition coefficient (Wildman–Crippen LogP) is -0.639. The van der Waals surface area contributed by atoms with Crippen molar-refractivity contribution in [2.24, 2.45) is 5.92 Å². The standard InChI is InChI=1S/C6H13BO2/c1-3-4(2)9-6(7)5(3)8/h3-6,8H,7H2,1-2H3/t3?,4-,5?,6+/m1/s1. The van der Waals surface area contributed by atoms with Gasteiger partial charge in [0, 0.05) is 5.92 Å². The van der Waals surface area contributed by atoms with E-state index in [2.05, 4.69) is 0 Å². The molecule has 0 aromatic rings. The van der Waals surface area contributed by atoms with Crippen molar-refractivity contribution in [3.63, 3.8) is 0 Å². The van der Waals surface area contributed by atoms with Crippen molar-refractivity contribution in [3.05, 3.63) is 0 Å². The molecule has 0 aliphatic carbocycles. The van der Waals surface area contributed by atoms with E-state index < -0.39 is 0 Å². The lowest BCUT2D eigenvalue weighted by atomic mass is 9.89. The largest absolute Gasteiger partial charge is 0.391 e. The number of rotatable bonds is 0. The summed E-state index contributed by atoms with van der Waals surface area (Å²) in [5.41, 5.74) is 0. The summed E-state index contributed by atoms with van der Waals surface area (Å²) in [6.45, 7) is 4.01. The summed E-state index contributed by atoms with van der Waals surface area (Å²) in [5, 5.41) is 9.31. The zero-order chi connectivity index (χ0) is 7.02. The van der Waals surface area contributed by atoms with Crippen LogP contribution in [-0.4, -0.2) is 31.2 Å².